The van der Waals surface area contributed by atoms with Gasteiger partial charge in [0, 0.05) is 25.0 Å². The molecule has 2 N–H and O–H groups in total. The number of aliphatic carboxylic acids is 1. The molecule has 0 aromatic heterocycles. The van der Waals surface area contributed by atoms with E-state index in [-0.39, 0.29) is 17.7 Å². The summed E-state index contributed by atoms with van der Waals surface area (Å²) in [5.41, 5.74) is 2.71. The Morgan fingerprint density at radius 1 is 1.10 bits per heavy atom. The van der Waals surface area contributed by atoms with E-state index in [1.54, 1.807) is 12.1 Å². The number of benzene rings is 2. The fourth-order valence-corrected chi connectivity index (χ4v) is 4.79. The van der Waals surface area contributed by atoms with Crippen molar-refractivity contribution in [3.63, 3.8) is 0 Å². The van der Waals surface area contributed by atoms with Gasteiger partial charge in [0.2, 0.25) is 0 Å². The average Bonchev–Trinajstić information content (AvgIpc) is 3.54. The number of hydrogen-bond donors (Lipinski definition) is 2. The summed E-state index contributed by atoms with van der Waals surface area (Å²) in [7, 11) is 0. The maximum Gasteiger partial charge on any atom is 0.304 e. The lowest BCUT2D eigenvalue weighted by molar-refractivity contribution is -0.137. The molecule has 2 fully saturated rings. The summed E-state index contributed by atoms with van der Waals surface area (Å²) in [5, 5.41) is 12.8. The minimum Gasteiger partial charge on any atom is -0.481 e. The molecular formula is C25H31FN2O2. The van der Waals surface area contributed by atoms with Gasteiger partial charge in [-0.3, -0.25) is 4.79 Å². The van der Waals surface area contributed by atoms with E-state index >= 15 is 0 Å². The molecule has 160 valence electrons. The number of carboxylic acids is 1. The summed E-state index contributed by atoms with van der Waals surface area (Å²) < 4.78 is 13.4. The number of carboxylic acid groups (broad SMARTS) is 1. The highest BCUT2D eigenvalue weighted by Crippen LogP contribution is 2.42. The molecule has 30 heavy (non-hydrogen) atoms. The van der Waals surface area contributed by atoms with Crippen LogP contribution in [0.25, 0.3) is 0 Å². The number of piperidine rings is 1. The molecule has 0 unspecified atom stereocenters. The minimum absolute atomic E-state index is 0.126. The van der Waals surface area contributed by atoms with Gasteiger partial charge in [0.05, 0.1) is 6.42 Å². The van der Waals surface area contributed by atoms with E-state index in [0.29, 0.717) is 18.5 Å². The Morgan fingerprint density at radius 3 is 2.47 bits per heavy atom. The van der Waals surface area contributed by atoms with Gasteiger partial charge in [0.1, 0.15) is 5.82 Å². The fraction of sp³-hybridized carbons (Fsp3) is 0.480. The van der Waals surface area contributed by atoms with Gasteiger partial charge in [0.25, 0.3) is 0 Å². The predicted octanol–water partition coefficient (Wildman–Crippen LogP) is 4.07. The topological polar surface area (TPSA) is 52.6 Å². The van der Waals surface area contributed by atoms with Gasteiger partial charge in [-0.25, -0.2) is 4.39 Å². The van der Waals surface area contributed by atoms with Gasteiger partial charge >= 0.3 is 5.97 Å². The first kappa shape index (κ1) is 21.0. The Morgan fingerprint density at radius 2 is 1.80 bits per heavy atom. The molecule has 5 heteroatoms. The Bertz CT molecular complexity index is 832. The van der Waals surface area contributed by atoms with Crippen molar-refractivity contribution in [2.45, 2.75) is 44.1 Å². The van der Waals surface area contributed by atoms with E-state index in [2.05, 4.69) is 40.5 Å². The lowest BCUT2D eigenvalue weighted by atomic mass is 9.73. The number of nitrogens with one attached hydrogen (secondary N) is 1. The molecule has 0 amide bonds. The van der Waals surface area contributed by atoms with E-state index in [9.17, 15) is 9.18 Å². The van der Waals surface area contributed by atoms with Crippen molar-refractivity contribution in [2.24, 2.45) is 5.41 Å². The number of nitrogens with zero attached hydrogens (tertiary/aromatic N) is 1. The van der Waals surface area contributed by atoms with Gasteiger partial charge in [-0.15, -0.1) is 0 Å². The zero-order valence-electron chi connectivity index (χ0n) is 17.4. The van der Waals surface area contributed by atoms with Crippen LogP contribution in [0.2, 0.25) is 0 Å². The minimum atomic E-state index is -0.736. The van der Waals surface area contributed by atoms with E-state index in [0.717, 1.165) is 38.9 Å². The van der Waals surface area contributed by atoms with Crippen molar-refractivity contribution < 1.29 is 14.3 Å². The van der Waals surface area contributed by atoms with Crippen LogP contribution < -0.4 is 5.32 Å². The number of rotatable bonds is 9. The second-order valence-corrected chi connectivity index (χ2v) is 9.03. The molecular weight excluding hydrogens is 379 g/mol. The number of halogens is 1. The molecule has 1 saturated heterocycles. The Balaban J connectivity index is 1.38. The summed E-state index contributed by atoms with van der Waals surface area (Å²) in [6, 6.07) is 18.1. The first-order chi connectivity index (χ1) is 14.5. The molecule has 4 nitrogen and oxygen atoms in total. The highest BCUT2D eigenvalue weighted by molar-refractivity contribution is 5.66. The maximum atomic E-state index is 13.4. The van der Waals surface area contributed by atoms with Crippen LogP contribution >= 0.6 is 0 Å². The first-order valence-corrected chi connectivity index (χ1v) is 11.0. The van der Waals surface area contributed by atoms with Crippen LogP contribution in [0.4, 0.5) is 4.39 Å². The molecule has 2 aromatic rings. The SMILES string of the molecule is O=C(O)CCN1CCC(CN[C@@H]2C[C@H]2c2ccccc2)(Cc2ccc(F)cc2)CC1. The molecule has 1 saturated carbocycles. The lowest BCUT2D eigenvalue weighted by Crippen LogP contribution is -2.47. The molecule has 1 aliphatic heterocycles. The molecule has 2 aliphatic rings. The third kappa shape index (κ3) is 5.46. The van der Waals surface area contributed by atoms with Crippen molar-refractivity contribution in [1.82, 2.24) is 10.2 Å². The summed E-state index contributed by atoms with van der Waals surface area (Å²) >= 11 is 0. The van der Waals surface area contributed by atoms with Crippen LogP contribution in [0.15, 0.2) is 54.6 Å². The van der Waals surface area contributed by atoms with Crippen LogP contribution in [0.3, 0.4) is 0 Å². The van der Waals surface area contributed by atoms with Gasteiger partial charge in [0.15, 0.2) is 0 Å². The first-order valence-electron chi connectivity index (χ1n) is 11.0. The van der Waals surface area contributed by atoms with E-state index in [4.69, 9.17) is 5.11 Å². The molecule has 2 aromatic carbocycles. The van der Waals surface area contributed by atoms with Crippen LogP contribution in [-0.4, -0.2) is 48.2 Å². The summed E-state index contributed by atoms with van der Waals surface area (Å²) in [4.78, 5) is 13.2. The second-order valence-electron chi connectivity index (χ2n) is 9.03. The van der Waals surface area contributed by atoms with Crippen molar-refractivity contribution in [2.75, 3.05) is 26.2 Å². The third-order valence-electron chi connectivity index (χ3n) is 6.81. The lowest BCUT2D eigenvalue weighted by Gasteiger charge is -2.42. The highest BCUT2D eigenvalue weighted by Gasteiger charge is 2.41. The van der Waals surface area contributed by atoms with Crippen molar-refractivity contribution in [1.29, 1.82) is 0 Å². The van der Waals surface area contributed by atoms with Gasteiger partial charge in [-0.2, -0.15) is 0 Å². The molecule has 1 heterocycles. The largest absolute Gasteiger partial charge is 0.481 e. The molecule has 0 bridgehead atoms. The van der Waals surface area contributed by atoms with Gasteiger partial charge in [-0.1, -0.05) is 42.5 Å². The van der Waals surface area contributed by atoms with Crippen molar-refractivity contribution >= 4 is 5.97 Å². The monoisotopic (exact) mass is 410 g/mol. The Labute approximate surface area is 178 Å². The standard InChI is InChI=1S/C25H31FN2O2/c26-21-8-6-19(7-9-21)17-25(11-14-28(15-12-25)13-10-24(29)30)18-27-23-16-22(23)20-4-2-1-3-5-20/h1-9,22-23,27H,10-18H2,(H,29,30)/t22-,23+/m0/s1. The Hall–Kier alpha value is -2.24. The number of hydrogen-bond acceptors (Lipinski definition) is 3. The van der Waals surface area contributed by atoms with E-state index in [1.807, 2.05) is 12.1 Å². The summed E-state index contributed by atoms with van der Waals surface area (Å²) in [5.74, 6) is -0.330. The molecule has 0 radical (unpaired) electrons. The van der Waals surface area contributed by atoms with Crippen LogP contribution in [-0.2, 0) is 11.2 Å². The van der Waals surface area contributed by atoms with Crippen LogP contribution in [0, 0.1) is 11.2 Å². The molecule has 1 aliphatic carbocycles. The van der Waals surface area contributed by atoms with Gasteiger partial charge < -0.3 is 15.3 Å². The second kappa shape index (κ2) is 9.27. The molecule has 0 spiro atoms. The maximum absolute atomic E-state index is 13.4. The number of carbonyl (C=O) groups is 1. The van der Waals surface area contributed by atoms with E-state index in [1.165, 1.54) is 17.5 Å². The summed E-state index contributed by atoms with van der Waals surface area (Å²) in [6.07, 6.45) is 4.36. The average molecular weight is 411 g/mol. The highest BCUT2D eigenvalue weighted by atomic mass is 19.1. The number of likely N-dealkylation sites (tertiary alicyclic amines) is 1. The Kier molecular flexibility index (Phi) is 6.49. The molecule has 2 atom stereocenters. The zero-order valence-corrected chi connectivity index (χ0v) is 17.4. The predicted molar refractivity (Wildman–Crippen MR) is 116 cm³/mol. The smallest absolute Gasteiger partial charge is 0.304 e. The van der Waals surface area contributed by atoms with Crippen LogP contribution in [0.1, 0.15) is 42.7 Å². The molecule has 4 rings (SSSR count). The quantitative estimate of drug-likeness (QED) is 0.654. The van der Waals surface area contributed by atoms with E-state index < -0.39 is 5.97 Å². The normalized spacial score (nSPS) is 23.2. The zero-order chi connectivity index (χ0) is 21.0. The van der Waals surface area contributed by atoms with Crippen LogP contribution in [0.5, 0.6) is 0 Å². The van der Waals surface area contributed by atoms with Crippen molar-refractivity contribution in [3.8, 4) is 0 Å². The third-order valence-corrected chi connectivity index (χ3v) is 6.81. The van der Waals surface area contributed by atoms with Crippen molar-refractivity contribution in [3.05, 3.63) is 71.5 Å². The van der Waals surface area contributed by atoms with Gasteiger partial charge in [-0.05, 0) is 67.4 Å². The summed E-state index contributed by atoms with van der Waals surface area (Å²) in [6.45, 7) is 3.41. The fourth-order valence-electron chi connectivity index (χ4n) is 4.79.